The second kappa shape index (κ2) is 6.20. The largest absolute Gasteiger partial charge is 0.489 e. The Morgan fingerprint density at radius 3 is 2.37 bits per heavy atom. The maximum atomic E-state index is 13.0. The number of nitrogens with two attached hydrogens (primary N) is 1. The van der Waals surface area contributed by atoms with Crippen molar-refractivity contribution in [2.75, 3.05) is 12.8 Å². The molecule has 0 aliphatic heterocycles. The summed E-state index contributed by atoms with van der Waals surface area (Å²) in [6.07, 6.45) is 0. The molecule has 19 heavy (non-hydrogen) atoms. The Labute approximate surface area is 111 Å². The van der Waals surface area contributed by atoms with E-state index in [4.69, 9.17) is 15.2 Å². The maximum Gasteiger partial charge on any atom is 0.146 e. The summed E-state index contributed by atoms with van der Waals surface area (Å²) in [5, 5.41) is 0. The van der Waals surface area contributed by atoms with E-state index in [1.807, 2.05) is 24.3 Å². The summed E-state index contributed by atoms with van der Waals surface area (Å²) < 4.78 is 23.8. The molecule has 2 N–H and O–H groups in total. The van der Waals surface area contributed by atoms with Gasteiger partial charge in [0.2, 0.25) is 0 Å². The van der Waals surface area contributed by atoms with Crippen LogP contribution in [0.4, 0.5) is 10.1 Å². The highest BCUT2D eigenvalue weighted by Gasteiger charge is 2.04. The second-order valence-electron chi connectivity index (χ2n) is 4.17. The van der Waals surface area contributed by atoms with Crippen molar-refractivity contribution in [2.24, 2.45) is 0 Å². The monoisotopic (exact) mass is 261 g/mol. The molecule has 2 aromatic rings. The van der Waals surface area contributed by atoms with Crippen molar-refractivity contribution < 1.29 is 13.9 Å². The van der Waals surface area contributed by atoms with Crippen LogP contribution in [0.3, 0.4) is 0 Å². The van der Waals surface area contributed by atoms with Gasteiger partial charge >= 0.3 is 0 Å². The fourth-order valence-corrected chi connectivity index (χ4v) is 1.77. The number of nitrogen functional groups attached to an aromatic ring is 1. The summed E-state index contributed by atoms with van der Waals surface area (Å²) in [5.74, 6) is 0.109. The van der Waals surface area contributed by atoms with Crippen LogP contribution >= 0.6 is 0 Å². The molecular weight excluding hydrogens is 245 g/mol. The van der Waals surface area contributed by atoms with Crippen LogP contribution in [0.1, 0.15) is 11.1 Å². The Bertz CT molecular complexity index is 558. The Balaban J connectivity index is 2.07. The first kappa shape index (κ1) is 13.4. The number of anilines is 1. The molecule has 0 aromatic heterocycles. The van der Waals surface area contributed by atoms with Crippen LogP contribution in [0.25, 0.3) is 0 Å². The number of hydrogen-bond donors (Lipinski definition) is 1. The lowest BCUT2D eigenvalue weighted by molar-refractivity contribution is 0.182. The fraction of sp³-hybridized carbons (Fsp3) is 0.200. The van der Waals surface area contributed by atoms with Crippen molar-refractivity contribution in [3.05, 3.63) is 59.4 Å². The van der Waals surface area contributed by atoms with Crippen molar-refractivity contribution in [3.63, 3.8) is 0 Å². The van der Waals surface area contributed by atoms with E-state index in [0.29, 0.717) is 19.0 Å². The molecule has 0 atom stereocenters. The summed E-state index contributed by atoms with van der Waals surface area (Å²) in [4.78, 5) is 0. The van der Waals surface area contributed by atoms with E-state index in [-0.39, 0.29) is 5.69 Å². The lowest BCUT2D eigenvalue weighted by atomic mass is 10.1. The standard InChI is InChI=1S/C15H16FNO2/c1-18-9-11-4-2-3-5-12(11)10-19-13-6-7-14(16)15(17)8-13/h2-8H,9-10,17H2,1H3. The molecule has 0 unspecified atom stereocenters. The molecule has 3 nitrogen and oxygen atoms in total. The third-order valence-corrected chi connectivity index (χ3v) is 2.78. The zero-order valence-electron chi connectivity index (χ0n) is 10.7. The van der Waals surface area contributed by atoms with E-state index < -0.39 is 5.82 Å². The number of ether oxygens (including phenoxy) is 2. The van der Waals surface area contributed by atoms with Gasteiger partial charge in [-0.15, -0.1) is 0 Å². The highest BCUT2D eigenvalue weighted by atomic mass is 19.1. The predicted molar refractivity (Wildman–Crippen MR) is 72.3 cm³/mol. The molecule has 0 saturated heterocycles. The molecule has 0 radical (unpaired) electrons. The minimum absolute atomic E-state index is 0.0858. The lowest BCUT2D eigenvalue weighted by Crippen LogP contribution is -2.01. The Hall–Kier alpha value is -2.07. The van der Waals surface area contributed by atoms with Gasteiger partial charge in [-0.1, -0.05) is 24.3 Å². The molecule has 0 bridgehead atoms. The van der Waals surface area contributed by atoms with E-state index in [2.05, 4.69) is 0 Å². The summed E-state index contributed by atoms with van der Waals surface area (Å²) in [7, 11) is 1.65. The minimum atomic E-state index is -0.438. The van der Waals surface area contributed by atoms with Gasteiger partial charge in [0.1, 0.15) is 18.2 Å². The van der Waals surface area contributed by atoms with Crippen LogP contribution in [0, 0.1) is 5.82 Å². The molecule has 0 spiro atoms. The fourth-order valence-electron chi connectivity index (χ4n) is 1.77. The molecule has 100 valence electrons. The third-order valence-electron chi connectivity index (χ3n) is 2.78. The maximum absolute atomic E-state index is 13.0. The Morgan fingerprint density at radius 1 is 1.05 bits per heavy atom. The van der Waals surface area contributed by atoms with Gasteiger partial charge in [0.25, 0.3) is 0 Å². The normalized spacial score (nSPS) is 10.4. The van der Waals surface area contributed by atoms with E-state index >= 15 is 0 Å². The van der Waals surface area contributed by atoms with Crippen LogP contribution < -0.4 is 10.5 Å². The van der Waals surface area contributed by atoms with Gasteiger partial charge in [-0.2, -0.15) is 0 Å². The quantitative estimate of drug-likeness (QED) is 0.841. The topological polar surface area (TPSA) is 44.5 Å². The zero-order chi connectivity index (χ0) is 13.7. The van der Waals surface area contributed by atoms with Crippen LogP contribution in [0.15, 0.2) is 42.5 Å². The first-order valence-corrected chi connectivity index (χ1v) is 5.94. The van der Waals surface area contributed by atoms with Crippen molar-refractivity contribution in [3.8, 4) is 5.75 Å². The SMILES string of the molecule is COCc1ccccc1COc1ccc(F)c(N)c1. The van der Waals surface area contributed by atoms with Gasteiger partial charge in [-0.3, -0.25) is 0 Å². The van der Waals surface area contributed by atoms with Crippen molar-refractivity contribution in [2.45, 2.75) is 13.2 Å². The molecule has 0 heterocycles. The van der Waals surface area contributed by atoms with Gasteiger partial charge in [-0.05, 0) is 23.3 Å². The first-order chi connectivity index (χ1) is 9.20. The van der Waals surface area contributed by atoms with Crippen molar-refractivity contribution in [1.82, 2.24) is 0 Å². The van der Waals surface area contributed by atoms with E-state index in [1.54, 1.807) is 13.2 Å². The molecule has 0 fully saturated rings. The number of methoxy groups -OCH3 is 1. The van der Waals surface area contributed by atoms with Crippen molar-refractivity contribution >= 4 is 5.69 Å². The summed E-state index contributed by atoms with van der Waals surface area (Å²) >= 11 is 0. The molecule has 0 aliphatic carbocycles. The lowest BCUT2D eigenvalue weighted by Gasteiger charge is -2.11. The number of hydrogen-bond acceptors (Lipinski definition) is 3. The van der Waals surface area contributed by atoms with E-state index in [0.717, 1.165) is 11.1 Å². The highest BCUT2D eigenvalue weighted by Crippen LogP contribution is 2.20. The zero-order valence-corrected chi connectivity index (χ0v) is 10.7. The Morgan fingerprint density at radius 2 is 1.74 bits per heavy atom. The number of benzene rings is 2. The minimum Gasteiger partial charge on any atom is -0.489 e. The molecule has 0 amide bonds. The summed E-state index contributed by atoms with van der Waals surface area (Å²) in [6.45, 7) is 0.926. The summed E-state index contributed by atoms with van der Waals surface area (Å²) in [5.41, 5.74) is 7.68. The van der Waals surface area contributed by atoms with Gasteiger partial charge in [0, 0.05) is 13.2 Å². The predicted octanol–water partition coefficient (Wildman–Crippen LogP) is 3.13. The average molecular weight is 261 g/mol. The van der Waals surface area contributed by atoms with Crippen molar-refractivity contribution in [1.29, 1.82) is 0 Å². The molecule has 4 heteroatoms. The first-order valence-electron chi connectivity index (χ1n) is 5.94. The van der Waals surface area contributed by atoms with Crippen LogP contribution in [0.2, 0.25) is 0 Å². The molecule has 0 aliphatic rings. The van der Waals surface area contributed by atoms with Crippen LogP contribution in [-0.2, 0) is 18.0 Å². The van der Waals surface area contributed by atoms with E-state index in [1.165, 1.54) is 12.1 Å². The second-order valence-corrected chi connectivity index (χ2v) is 4.17. The smallest absolute Gasteiger partial charge is 0.146 e. The third kappa shape index (κ3) is 3.45. The summed E-state index contributed by atoms with van der Waals surface area (Å²) in [6, 6.07) is 12.2. The number of halogens is 1. The number of rotatable bonds is 5. The Kier molecular flexibility index (Phi) is 4.36. The van der Waals surface area contributed by atoms with Gasteiger partial charge in [0.05, 0.1) is 12.3 Å². The van der Waals surface area contributed by atoms with E-state index in [9.17, 15) is 4.39 Å². The van der Waals surface area contributed by atoms with Gasteiger partial charge in [0.15, 0.2) is 0 Å². The van der Waals surface area contributed by atoms with Gasteiger partial charge in [-0.25, -0.2) is 4.39 Å². The highest BCUT2D eigenvalue weighted by molar-refractivity contribution is 5.45. The average Bonchev–Trinajstić information content (AvgIpc) is 2.42. The molecular formula is C15H16FNO2. The molecule has 2 aromatic carbocycles. The van der Waals surface area contributed by atoms with Crippen LogP contribution in [-0.4, -0.2) is 7.11 Å². The molecule has 0 saturated carbocycles. The molecule has 2 rings (SSSR count). The van der Waals surface area contributed by atoms with Crippen LogP contribution in [0.5, 0.6) is 5.75 Å². The van der Waals surface area contributed by atoms with Gasteiger partial charge < -0.3 is 15.2 Å².